The van der Waals surface area contributed by atoms with E-state index in [-0.39, 0.29) is 0 Å². The van der Waals surface area contributed by atoms with Crippen LogP contribution in [-0.4, -0.2) is 19.7 Å². The van der Waals surface area contributed by atoms with Gasteiger partial charge in [0.2, 0.25) is 0 Å². The SMILES string of the molecule is CC(=Nc1ccc(C)cc1O[Si](C)C)c1ccccn1. The van der Waals surface area contributed by atoms with Crippen molar-refractivity contribution < 1.29 is 4.43 Å². The molecule has 2 rings (SSSR count). The number of rotatable bonds is 4. The second-order valence-corrected chi connectivity index (χ2v) is 6.91. The lowest BCUT2D eigenvalue weighted by Crippen LogP contribution is -2.11. The Morgan fingerprint density at radius 1 is 1.20 bits per heavy atom. The van der Waals surface area contributed by atoms with Crippen LogP contribution >= 0.6 is 0 Å². The molecule has 0 aliphatic rings. The number of benzene rings is 1. The Hall–Kier alpha value is -1.94. The van der Waals surface area contributed by atoms with E-state index in [2.05, 4.69) is 36.1 Å². The van der Waals surface area contributed by atoms with Gasteiger partial charge in [0.25, 0.3) is 9.04 Å². The van der Waals surface area contributed by atoms with E-state index in [0.29, 0.717) is 0 Å². The number of nitrogens with zero attached hydrogens (tertiary/aromatic N) is 2. The molecule has 1 heterocycles. The van der Waals surface area contributed by atoms with Gasteiger partial charge in [0.1, 0.15) is 11.4 Å². The molecular weight excluding hydrogens is 264 g/mol. The van der Waals surface area contributed by atoms with Crippen LogP contribution in [0.25, 0.3) is 0 Å². The number of hydrogen-bond acceptors (Lipinski definition) is 3. The zero-order chi connectivity index (χ0) is 14.5. The van der Waals surface area contributed by atoms with Gasteiger partial charge in [-0.1, -0.05) is 12.1 Å². The highest BCUT2D eigenvalue weighted by molar-refractivity contribution is 6.49. The van der Waals surface area contributed by atoms with E-state index in [1.807, 2.05) is 37.3 Å². The van der Waals surface area contributed by atoms with Crippen LogP contribution in [0.4, 0.5) is 5.69 Å². The van der Waals surface area contributed by atoms with E-state index in [9.17, 15) is 0 Å². The maximum absolute atomic E-state index is 5.94. The van der Waals surface area contributed by atoms with Crippen LogP contribution in [0, 0.1) is 6.92 Å². The summed E-state index contributed by atoms with van der Waals surface area (Å²) < 4.78 is 5.94. The summed E-state index contributed by atoms with van der Waals surface area (Å²) in [4.78, 5) is 8.99. The number of hydrogen-bond donors (Lipinski definition) is 0. The minimum atomic E-state index is -0.810. The van der Waals surface area contributed by atoms with Gasteiger partial charge in [-0.2, -0.15) is 0 Å². The first-order valence-corrected chi connectivity index (χ1v) is 9.02. The average Bonchev–Trinajstić information content (AvgIpc) is 2.42. The van der Waals surface area contributed by atoms with Gasteiger partial charge in [-0.15, -0.1) is 0 Å². The monoisotopic (exact) mass is 283 g/mol. The molecule has 20 heavy (non-hydrogen) atoms. The Bertz CT molecular complexity index is 609. The van der Waals surface area contributed by atoms with Crippen molar-refractivity contribution in [2.45, 2.75) is 26.9 Å². The van der Waals surface area contributed by atoms with Gasteiger partial charge in [-0.3, -0.25) is 4.98 Å². The summed E-state index contributed by atoms with van der Waals surface area (Å²) >= 11 is 0. The third-order valence-corrected chi connectivity index (χ3v) is 3.38. The summed E-state index contributed by atoms with van der Waals surface area (Å²) in [7, 11) is -0.810. The quantitative estimate of drug-likeness (QED) is 0.623. The molecule has 0 saturated carbocycles. The Morgan fingerprint density at radius 2 is 2.00 bits per heavy atom. The van der Waals surface area contributed by atoms with Gasteiger partial charge in [0.15, 0.2) is 0 Å². The van der Waals surface area contributed by atoms with Crippen molar-refractivity contribution in [2.75, 3.05) is 0 Å². The van der Waals surface area contributed by atoms with Crippen LogP contribution < -0.4 is 4.43 Å². The van der Waals surface area contributed by atoms with E-state index >= 15 is 0 Å². The zero-order valence-electron chi connectivity index (χ0n) is 12.3. The summed E-state index contributed by atoms with van der Waals surface area (Å²) in [5.41, 5.74) is 3.82. The second-order valence-electron chi connectivity index (χ2n) is 4.89. The molecule has 1 radical (unpaired) electrons. The molecule has 0 bridgehead atoms. The Kier molecular flexibility index (Phi) is 4.68. The second kappa shape index (κ2) is 6.48. The smallest absolute Gasteiger partial charge is 0.274 e. The number of aromatic nitrogens is 1. The Morgan fingerprint density at radius 3 is 2.65 bits per heavy atom. The van der Waals surface area contributed by atoms with E-state index < -0.39 is 9.04 Å². The fraction of sp³-hybridized carbons (Fsp3) is 0.250. The summed E-state index contributed by atoms with van der Waals surface area (Å²) in [6.45, 7) is 8.26. The average molecular weight is 283 g/mol. The molecule has 0 aliphatic heterocycles. The topological polar surface area (TPSA) is 34.5 Å². The van der Waals surface area contributed by atoms with Gasteiger partial charge in [-0.05, 0) is 56.8 Å². The molecule has 0 fully saturated rings. The molecule has 0 unspecified atom stereocenters. The molecule has 0 aliphatic carbocycles. The number of aryl methyl sites for hydroxylation is 1. The fourth-order valence-electron chi connectivity index (χ4n) is 1.83. The van der Waals surface area contributed by atoms with Crippen molar-refractivity contribution in [1.82, 2.24) is 4.98 Å². The maximum Gasteiger partial charge on any atom is 0.274 e. The number of aliphatic imine (C=N–C) groups is 1. The van der Waals surface area contributed by atoms with E-state index in [1.165, 1.54) is 5.56 Å². The molecule has 3 nitrogen and oxygen atoms in total. The molecule has 0 spiro atoms. The fourth-order valence-corrected chi connectivity index (χ4v) is 2.43. The van der Waals surface area contributed by atoms with E-state index in [4.69, 9.17) is 4.43 Å². The molecule has 0 saturated heterocycles. The van der Waals surface area contributed by atoms with Gasteiger partial charge in [-0.25, -0.2) is 4.99 Å². The first-order chi connectivity index (χ1) is 9.56. The van der Waals surface area contributed by atoms with Crippen molar-refractivity contribution in [3.8, 4) is 5.75 Å². The molecule has 0 amide bonds. The molecule has 2 aromatic rings. The van der Waals surface area contributed by atoms with Gasteiger partial charge < -0.3 is 4.43 Å². The van der Waals surface area contributed by atoms with Gasteiger partial charge in [0.05, 0.1) is 11.4 Å². The van der Waals surface area contributed by atoms with Crippen LogP contribution in [-0.2, 0) is 0 Å². The third-order valence-electron chi connectivity index (χ3n) is 2.75. The summed E-state index contributed by atoms with van der Waals surface area (Å²) in [6, 6.07) is 11.9. The molecule has 0 atom stereocenters. The Balaban J connectivity index is 2.37. The van der Waals surface area contributed by atoms with Gasteiger partial charge in [0, 0.05) is 6.20 Å². The van der Waals surface area contributed by atoms with Crippen LogP contribution in [0.2, 0.25) is 13.1 Å². The normalized spacial score (nSPS) is 11.8. The van der Waals surface area contributed by atoms with Crippen molar-refractivity contribution in [3.05, 3.63) is 53.9 Å². The van der Waals surface area contributed by atoms with Crippen LogP contribution in [0.3, 0.4) is 0 Å². The van der Waals surface area contributed by atoms with Crippen LogP contribution in [0.15, 0.2) is 47.6 Å². The van der Waals surface area contributed by atoms with E-state index in [0.717, 1.165) is 22.8 Å². The lowest BCUT2D eigenvalue weighted by atomic mass is 10.2. The summed E-state index contributed by atoms with van der Waals surface area (Å²) in [5, 5.41) is 0. The predicted octanol–water partition coefficient (Wildman–Crippen LogP) is 4.16. The Labute approximate surface area is 122 Å². The first-order valence-electron chi connectivity index (χ1n) is 6.61. The van der Waals surface area contributed by atoms with Crippen molar-refractivity contribution >= 4 is 20.4 Å². The van der Waals surface area contributed by atoms with E-state index in [1.54, 1.807) is 6.20 Å². The molecule has 1 aromatic carbocycles. The summed E-state index contributed by atoms with van der Waals surface area (Å²) in [5.74, 6) is 0.860. The van der Waals surface area contributed by atoms with Crippen LogP contribution in [0.5, 0.6) is 5.75 Å². The molecule has 1 aromatic heterocycles. The standard InChI is InChI=1S/C16H19N2OSi/c1-12-8-9-15(16(11-12)19-20(3)4)18-13(2)14-7-5-6-10-17-14/h5-11H,1-4H3. The predicted molar refractivity (Wildman–Crippen MR) is 85.4 cm³/mol. The highest BCUT2D eigenvalue weighted by Gasteiger charge is 2.08. The largest absolute Gasteiger partial charge is 0.541 e. The highest BCUT2D eigenvalue weighted by Crippen LogP contribution is 2.29. The van der Waals surface area contributed by atoms with Gasteiger partial charge >= 0.3 is 0 Å². The lowest BCUT2D eigenvalue weighted by Gasteiger charge is -2.12. The minimum Gasteiger partial charge on any atom is -0.541 e. The van der Waals surface area contributed by atoms with Crippen molar-refractivity contribution in [2.24, 2.45) is 4.99 Å². The third kappa shape index (κ3) is 3.77. The molecule has 0 N–H and O–H groups in total. The highest BCUT2D eigenvalue weighted by atomic mass is 28.3. The zero-order valence-corrected chi connectivity index (χ0v) is 13.3. The summed E-state index contributed by atoms with van der Waals surface area (Å²) in [6.07, 6.45) is 1.78. The number of pyridine rings is 1. The molecular formula is C16H19N2OSi. The van der Waals surface area contributed by atoms with Crippen molar-refractivity contribution in [1.29, 1.82) is 0 Å². The first kappa shape index (κ1) is 14.5. The van der Waals surface area contributed by atoms with Crippen molar-refractivity contribution in [3.63, 3.8) is 0 Å². The molecule has 103 valence electrons. The lowest BCUT2D eigenvalue weighted by molar-refractivity contribution is 0.581. The maximum atomic E-state index is 5.94. The minimum absolute atomic E-state index is 0.810. The molecule has 4 heteroatoms. The van der Waals surface area contributed by atoms with Crippen LogP contribution in [0.1, 0.15) is 18.2 Å².